The predicted octanol–water partition coefficient (Wildman–Crippen LogP) is 3.16. The average molecular weight is 219 g/mol. The lowest BCUT2D eigenvalue weighted by molar-refractivity contribution is 0.308. The first kappa shape index (κ1) is 11.5. The molecule has 1 atom stereocenters. The van der Waals surface area contributed by atoms with Gasteiger partial charge in [-0.15, -0.1) is 0 Å². The van der Waals surface area contributed by atoms with Crippen molar-refractivity contribution in [2.24, 2.45) is 5.73 Å². The second kappa shape index (κ2) is 4.10. The molecule has 0 unspecified atom stereocenters. The first-order valence-corrected chi connectivity index (χ1v) is 6.02. The quantitative estimate of drug-likeness (QED) is 0.727. The van der Waals surface area contributed by atoms with E-state index in [1.165, 1.54) is 11.1 Å². The summed E-state index contributed by atoms with van der Waals surface area (Å²) in [5.41, 5.74) is 8.72. The number of hydrogen-bond donors (Lipinski definition) is 1. The van der Waals surface area contributed by atoms with Crippen molar-refractivity contribution in [1.29, 1.82) is 0 Å². The van der Waals surface area contributed by atoms with Crippen LogP contribution in [0.5, 0.6) is 5.75 Å². The molecule has 88 valence electrons. The van der Waals surface area contributed by atoms with Gasteiger partial charge >= 0.3 is 0 Å². The molecular formula is C14H21NO. The SMILES string of the molecule is CC(C)(C)c1cccc2c1OCCC[C@H]2N. The number of benzene rings is 1. The van der Waals surface area contributed by atoms with E-state index < -0.39 is 0 Å². The average Bonchev–Trinajstić information content (AvgIpc) is 2.39. The summed E-state index contributed by atoms with van der Waals surface area (Å²) in [6.07, 6.45) is 2.06. The molecule has 1 aromatic rings. The molecule has 0 spiro atoms. The van der Waals surface area contributed by atoms with Gasteiger partial charge in [0.15, 0.2) is 0 Å². The van der Waals surface area contributed by atoms with Crippen molar-refractivity contribution >= 4 is 0 Å². The van der Waals surface area contributed by atoms with E-state index in [1.54, 1.807) is 0 Å². The van der Waals surface area contributed by atoms with Gasteiger partial charge < -0.3 is 10.5 Å². The molecule has 2 rings (SSSR count). The van der Waals surface area contributed by atoms with Gasteiger partial charge in [-0.2, -0.15) is 0 Å². The maximum absolute atomic E-state index is 6.18. The van der Waals surface area contributed by atoms with E-state index in [1.807, 2.05) is 0 Å². The Labute approximate surface area is 97.8 Å². The van der Waals surface area contributed by atoms with Gasteiger partial charge in [0.2, 0.25) is 0 Å². The molecule has 0 amide bonds. The fraction of sp³-hybridized carbons (Fsp3) is 0.571. The summed E-state index contributed by atoms with van der Waals surface area (Å²) in [7, 11) is 0. The molecule has 0 saturated carbocycles. The first-order chi connectivity index (χ1) is 7.50. The molecule has 2 N–H and O–H groups in total. The van der Waals surface area contributed by atoms with Crippen LogP contribution in [0.25, 0.3) is 0 Å². The lowest BCUT2D eigenvalue weighted by atomic mass is 9.84. The normalized spacial score (nSPS) is 20.9. The highest BCUT2D eigenvalue weighted by Crippen LogP contribution is 2.38. The van der Waals surface area contributed by atoms with E-state index in [4.69, 9.17) is 10.5 Å². The maximum atomic E-state index is 6.18. The zero-order chi connectivity index (χ0) is 11.8. The highest BCUT2D eigenvalue weighted by Gasteiger charge is 2.24. The van der Waals surface area contributed by atoms with Crippen LogP contribution in [-0.2, 0) is 5.41 Å². The maximum Gasteiger partial charge on any atom is 0.127 e. The van der Waals surface area contributed by atoms with Crippen molar-refractivity contribution in [3.05, 3.63) is 29.3 Å². The van der Waals surface area contributed by atoms with Gasteiger partial charge in [-0.25, -0.2) is 0 Å². The minimum Gasteiger partial charge on any atom is -0.493 e. The molecular weight excluding hydrogens is 198 g/mol. The smallest absolute Gasteiger partial charge is 0.127 e. The Morgan fingerprint density at radius 2 is 2.06 bits per heavy atom. The molecule has 0 aromatic heterocycles. The molecule has 1 aliphatic rings. The topological polar surface area (TPSA) is 35.2 Å². The van der Waals surface area contributed by atoms with Crippen molar-refractivity contribution in [2.45, 2.75) is 45.1 Å². The summed E-state index contributed by atoms with van der Waals surface area (Å²) in [6, 6.07) is 6.46. The highest BCUT2D eigenvalue weighted by molar-refractivity contribution is 5.47. The van der Waals surface area contributed by atoms with Crippen LogP contribution >= 0.6 is 0 Å². The molecule has 1 heterocycles. The minimum absolute atomic E-state index is 0.107. The zero-order valence-corrected chi connectivity index (χ0v) is 10.4. The molecule has 0 aliphatic carbocycles. The Morgan fingerprint density at radius 1 is 1.31 bits per heavy atom. The van der Waals surface area contributed by atoms with Crippen LogP contribution in [0.3, 0.4) is 0 Å². The van der Waals surface area contributed by atoms with E-state index >= 15 is 0 Å². The van der Waals surface area contributed by atoms with Crippen LogP contribution in [0, 0.1) is 0 Å². The summed E-state index contributed by atoms with van der Waals surface area (Å²) in [6.45, 7) is 7.42. The van der Waals surface area contributed by atoms with Gasteiger partial charge in [-0.1, -0.05) is 39.0 Å². The van der Waals surface area contributed by atoms with Crippen LogP contribution in [0.15, 0.2) is 18.2 Å². The van der Waals surface area contributed by atoms with Crippen molar-refractivity contribution in [3.8, 4) is 5.75 Å². The van der Waals surface area contributed by atoms with Crippen LogP contribution in [0.2, 0.25) is 0 Å². The molecule has 1 aromatic carbocycles. The fourth-order valence-corrected chi connectivity index (χ4v) is 2.23. The number of para-hydroxylation sites is 1. The minimum atomic E-state index is 0.107. The Morgan fingerprint density at radius 3 is 2.75 bits per heavy atom. The molecule has 16 heavy (non-hydrogen) atoms. The van der Waals surface area contributed by atoms with Crippen molar-refractivity contribution in [2.75, 3.05) is 6.61 Å². The van der Waals surface area contributed by atoms with Gasteiger partial charge in [0.1, 0.15) is 5.75 Å². The Bertz CT molecular complexity index is 379. The molecule has 0 radical (unpaired) electrons. The second-order valence-electron chi connectivity index (χ2n) is 5.57. The van der Waals surface area contributed by atoms with E-state index in [-0.39, 0.29) is 11.5 Å². The lowest BCUT2D eigenvalue weighted by Gasteiger charge is -2.24. The number of ether oxygens (including phenoxy) is 1. The molecule has 0 fully saturated rings. The van der Waals surface area contributed by atoms with Crippen LogP contribution in [0.1, 0.15) is 50.8 Å². The summed E-state index contributed by atoms with van der Waals surface area (Å²) in [5.74, 6) is 1.03. The zero-order valence-electron chi connectivity index (χ0n) is 10.4. The number of hydrogen-bond acceptors (Lipinski definition) is 2. The highest BCUT2D eigenvalue weighted by atomic mass is 16.5. The third-order valence-corrected chi connectivity index (χ3v) is 3.16. The Hall–Kier alpha value is -1.02. The second-order valence-corrected chi connectivity index (χ2v) is 5.57. The monoisotopic (exact) mass is 219 g/mol. The molecule has 0 bridgehead atoms. The van der Waals surface area contributed by atoms with Crippen LogP contribution < -0.4 is 10.5 Å². The van der Waals surface area contributed by atoms with E-state index in [9.17, 15) is 0 Å². The molecule has 2 nitrogen and oxygen atoms in total. The predicted molar refractivity (Wildman–Crippen MR) is 66.8 cm³/mol. The Balaban J connectivity index is 2.53. The standard InChI is InChI=1S/C14H21NO/c1-14(2,3)11-7-4-6-10-12(15)8-5-9-16-13(10)11/h4,6-7,12H,5,8-9,15H2,1-3H3/t12-/m1/s1. The fourth-order valence-electron chi connectivity index (χ4n) is 2.23. The Kier molecular flexibility index (Phi) is 2.94. The third kappa shape index (κ3) is 2.07. The molecule has 2 heteroatoms. The van der Waals surface area contributed by atoms with Gasteiger partial charge in [-0.3, -0.25) is 0 Å². The van der Waals surface area contributed by atoms with Crippen molar-refractivity contribution < 1.29 is 4.74 Å². The summed E-state index contributed by atoms with van der Waals surface area (Å²) in [4.78, 5) is 0. The van der Waals surface area contributed by atoms with Gasteiger partial charge in [0, 0.05) is 11.6 Å². The third-order valence-electron chi connectivity index (χ3n) is 3.16. The van der Waals surface area contributed by atoms with E-state index in [0.29, 0.717) is 0 Å². The van der Waals surface area contributed by atoms with Crippen molar-refractivity contribution in [1.82, 2.24) is 0 Å². The van der Waals surface area contributed by atoms with Crippen LogP contribution in [-0.4, -0.2) is 6.61 Å². The number of nitrogens with two attached hydrogens (primary N) is 1. The summed E-state index contributed by atoms with van der Waals surface area (Å²) < 4.78 is 5.90. The molecule has 1 aliphatic heterocycles. The van der Waals surface area contributed by atoms with E-state index in [0.717, 1.165) is 25.2 Å². The van der Waals surface area contributed by atoms with Gasteiger partial charge in [0.05, 0.1) is 6.61 Å². The summed E-state index contributed by atoms with van der Waals surface area (Å²) >= 11 is 0. The number of rotatable bonds is 0. The van der Waals surface area contributed by atoms with E-state index in [2.05, 4.69) is 39.0 Å². The summed E-state index contributed by atoms with van der Waals surface area (Å²) in [5, 5.41) is 0. The van der Waals surface area contributed by atoms with Crippen LogP contribution in [0.4, 0.5) is 0 Å². The van der Waals surface area contributed by atoms with Gasteiger partial charge in [0.25, 0.3) is 0 Å². The van der Waals surface area contributed by atoms with Gasteiger partial charge in [-0.05, 0) is 23.8 Å². The largest absolute Gasteiger partial charge is 0.493 e. The first-order valence-electron chi connectivity index (χ1n) is 6.02. The molecule has 0 saturated heterocycles. The lowest BCUT2D eigenvalue weighted by Crippen LogP contribution is -2.16. The number of fused-ring (bicyclic) bond motifs is 1. The van der Waals surface area contributed by atoms with Crippen molar-refractivity contribution in [3.63, 3.8) is 0 Å².